The van der Waals surface area contributed by atoms with Gasteiger partial charge in [-0.05, 0) is 31.5 Å². The number of allylic oxidation sites excluding steroid dienone is 1. The molecule has 0 aliphatic rings. The lowest BCUT2D eigenvalue weighted by atomic mass is 10.2. The fraction of sp³-hybridized carbons (Fsp3) is 0.0909. The molecule has 0 saturated carbocycles. The van der Waals surface area contributed by atoms with Crippen LogP contribution in [-0.2, 0) is 0 Å². The van der Waals surface area contributed by atoms with Crippen LogP contribution in [0, 0.1) is 13.8 Å². The van der Waals surface area contributed by atoms with Crippen molar-refractivity contribution in [2.24, 2.45) is 0 Å². The van der Waals surface area contributed by atoms with Crippen LogP contribution in [-0.4, -0.2) is 4.98 Å². The average Bonchev–Trinajstić information content (AvgIpc) is 2.44. The summed E-state index contributed by atoms with van der Waals surface area (Å²) in [4.78, 5) is 4.42. The number of aromatic nitrogens is 1. The predicted octanol–water partition coefficient (Wildman–Crippen LogP) is 3.45. The number of hydrogen-bond donors (Lipinski definition) is 0. The zero-order chi connectivity index (χ0) is 9.26. The van der Waals surface area contributed by atoms with Crippen molar-refractivity contribution in [3.63, 3.8) is 0 Å². The Morgan fingerprint density at radius 3 is 3.08 bits per heavy atom. The van der Waals surface area contributed by atoms with Crippen LogP contribution >= 0.6 is 11.3 Å². The monoisotopic (exact) mass is 188 g/mol. The number of thiazole rings is 1. The lowest BCUT2D eigenvalue weighted by Crippen LogP contribution is -1.72. The van der Waals surface area contributed by atoms with Gasteiger partial charge in [0.2, 0.25) is 0 Å². The van der Waals surface area contributed by atoms with Gasteiger partial charge in [-0.2, -0.15) is 0 Å². The van der Waals surface area contributed by atoms with Gasteiger partial charge in [0.1, 0.15) is 0 Å². The molecule has 0 N–H and O–H groups in total. The fourth-order valence-corrected chi connectivity index (χ4v) is 2.11. The van der Waals surface area contributed by atoms with Crippen molar-refractivity contribution in [3.8, 4) is 0 Å². The average molecular weight is 188 g/mol. The van der Waals surface area contributed by atoms with Gasteiger partial charge in [0.25, 0.3) is 0 Å². The van der Waals surface area contributed by atoms with Crippen molar-refractivity contribution in [1.29, 1.82) is 0 Å². The smallest absolute Gasteiger partial charge is 0.0907 e. The zero-order valence-corrected chi connectivity index (χ0v) is 8.27. The zero-order valence-electron chi connectivity index (χ0n) is 7.45. The van der Waals surface area contributed by atoms with Gasteiger partial charge < -0.3 is 0 Å². The molecule has 13 heavy (non-hydrogen) atoms. The third-order valence-electron chi connectivity index (χ3n) is 1.83. The topological polar surface area (TPSA) is 12.9 Å². The van der Waals surface area contributed by atoms with Crippen LogP contribution in [0.2, 0.25) is 0 Å². The first-order chi connectivity index (χ1) is 6.29. The van der Waals surface area contributed by atoms with Crippen molar-refractivity contribution in [1.82, 2.24) is 4.98 Å². The molecule has 0 aliphatic heterocycles. The maximum atomic E-state index is 4.42. The molecule has 2 aromatic rings. The lowest BCUT2D eigenvalue weighted by Gasteiger charge is -1.91. The van der Waals surface area contributed by atoms with Gasteiger partial charge in [0.05, 0.1) is 15.2 Å². The van der Waals surface area contributed by atoms with Crippen LogP contribution in [0.25, 0.3) is 16.3 Å². The van der Waals surface area contributed by atoms with E-state index < -0.39 is 0 Å². The van der Waals surface area contributed by atoms with Crippen LogP contribution in [0.1, 0.15) is 10.6 Å². The Morgan fingerprint density at radius 2 is 2.31 bits per heavy atom. The number of hydrogen-bond acceptors (Lipinski definition) is 2. The molecule has 0 fully saturated rings. The molecular formula is C11H10NS. The summed E-state index contributed by atoms with van der Waals surface area (Å²) < 4.78 is 1.25. The summed E-state index contributed by atoms with van der Waals surface area (Å²) >= 11 is 1.73. The van der Waals surface area contributed by atoms with Crippen LogP contribution in [0.5, 0.6) is 0 Å². The van der Waals surface area contributed by atoms with E-state index in [-0.39, 0.29) is 0 Å². The van der Waals surface area contributed by atoms with E-state index in [9.17, 15) is 0 Å². The quantitative estimate of drug-likeness (QED) is 0.668. The largest absolute Gasteiger partial charge is 0.241 e. The minimum Gasteiger partial charge on any atom is -0.241 e. The maximum absolute atomic E-state index is 4.42. The van der Waals surface area contributed by atoms with E-state index in [2.05, 4.69) is 30.1 Å². The molecule has 0 aliphatic carbocycles. The third kappa shape index (κ3) is 1.63. The highest BCUT2D eigenvalue weighted by molar-refractivity contribution is 7.18. The molecule has 0 amide bonds. The fourth-order valence-electron chi connectivity index (χ4n) is 1.30. The van der Waals surface area contributed by atoms with Gasteiger partial charge >= 0.3 is 0 Å². The van der Waals surface area contributed by atoms with Crippen molar-refractivity contribution in [2.45, 2.75) is 6.92 Å². The predicted molar refractivity (Wildman–Crippen MR) is 58.7 cm³/mol. The Bertz CT molecular complexity index is 454. The molecule has 0 atom stereocenters. The molecule has 1 nitrogen and oxygen atoms in total. The van der Waals surface area contributed by atoms with Gasteiger partial charge in [-0.25, -0.2) is 4.98 Å². The summed E-state index contributed by atoms with van der Waals surface area (Å²) in [5, 5.41) is 1.12. The summed E-state index contributed by atoms with van der Waals surface area (Å²) in [5.74, 6) is 0. The Morgan fingerprint density at radius 1 is 1.46 bits per heavy atom. The van der Waals surface area contributed by atoms with Crippen molar-refractivity contribution < 1.29 is 0 Å². The summed E-state index contributed by atoms with van der Waals surface area (Å²) in [6, 6.07) is 6.28. The second-order valence-electron chi connectivity index (χ2n) is 2.86. The second-order valence-corrected chi connectivity index (χ2v) is 4.10. The van der Waals surface area contributed by atoms with Gasteiger partial charge in [0.15, 0.2) is 0 Å². The molecule has 2 heteroatoms. The highest BCUT2D eigenvalue weighted by atomic mass is 32.1. The third-order valence-corrected chi connectivity index (χ3v) is 2.78. The minimum atomic E-state index is 1.08. The molecule has 2 rings (SSSR count). The van der Waals surface area contributed by atoms with E-state index in [1.807, 2.05) is 13.0 Å². The van der Waals surface area contributed by atoms with Gasteiger partial charge in [-0.3, -0.25) is 0 Å². The van der Waals surface area contributed by atoms with Gasteiger partial charge in [0, 0.05) is 0 Å². The first-order valence-electron chi connectivity index (χ1n) is 4.12. The first-order valence-corrected chi connectivity index (χ1v) is 4.94. The number of nitrogens with zero attached hydrogens (tertiary/aromatic N) is 1. The van der Waals surface area contributed by atoms with Gasteiger partial charge in [-0.1, -0.05) is 18.2 Å². The number of aryl methyl sites for hydroxylation is 1. The molecule has 0 bridgehead atoms. The molecule has 1 radical (unpaired) electrons. The number of benzene rings is 1. The molecular weight excluding hydrogens is 178 g/mol. The maximum Gasteiger partial charge on any atom is 0.0907 e. The van der Waals surface area contributed by atoms with Crippen molar-refractivity contribution >= 4 is 27.6 Å². The highest BCUT2D eigenvalue weighted by Crippen LogP contribution is 2.22. The molecule has 0 spiro atoms. The van der Waals surface area contributed by atoms with Crippen LogP contribution in [0.15, 0.2) is 24.3 Å². The summed E-state index contributed by atoms with van der Waals surface area (Å²) in [5.41, 5.74) is 2.24. The number of fused-ring (bicyclic) bond motifs is 1. The SMILES string of the molecule is [CH2]C=Cc1ccc2sc(C)nc2c1. The van der Waals surface area contributed by atoms with E-state index in [1.54, 1.807) is 17.4 Å². The Balaban J connectivity index is 2.61. The normalized spacial score (nSPS) is 11.5. The van der Waals surface area contributed by atoms with Crippen LogP contribution < -0.4 is 0 Å². The summed E-state index contributed by atoms with van der Waals surface area (Å²) in [6.07, 6.45) is 3.77. The Hall–Kier alpha value is -1.15. The Labute approximate surface area is 81.7 Å². The van der Waals surface area contributed by atoms with Crippen molar-refractivity contribution in [3.05, 3.63) is 41.8 Å². The van der Waals surface area contributed by atoms with Crippen LogP contribution in [0.4, 0.5) is 0 Å². The standard InChI is InChI=1S/C11H10NS/c1-3-4-9-5-6-11-10(7-9)12-8(2)13-11/h3-7H,1H2,2H3. The van der Waals surface area contributed by atoms with Crippen LogP contribution in [0.3, 0.4) is 0 Å². The lowest BCUT2D eigenvalue weighted by molar-refractivity contribution is 1.35. The molecule has 65 valence electrons. The van der Waals surface area contributed by atoms with E-state index >= 15 is 0 Å². The summed E-state index contributed by atoms with van der Waals surface area (Å²) in [7, 11) is 0. The van der Waals surface area contributed by atoms with E-state index in [1.165, 1.54) is 4.70 Å². The van der Waals surface area contributed by atoms with Crippen molar-refractivity contribution in [2.75, 3.05) is 0 Å². The second kappa shape index (κ2) is 3.30. The number of rotatable bonds is 1. The molecule has 1 aromatic carbocycles. The minimum absolute atomic E-state index is 1.08. The summed E-state index contributed by atoms with van der Waals surface area (Å²) in [6.45, 7) is 5.70. The molecule has 1 heterocycles. The molecule has 1 aromatic heterocycles. The highest BCUT2D eigenvalue weighted by Gasteiger charge is 1.99. The molecule has 0 unspecified atom stereocenters. The molecule has 0 saturated heterocycles. The van der Waals surface area contributed by atoms with E-state index in [4.69, 9.17) is 0 Å². The van der Waals surface area contributed by atoms with E-state index in [0.717, 1.165) is 16.1 Å². The first kappa shape index (κ1) is 8.45. The van der Waals surface area contributed by atoms with Gasteiger partial charge in [-0.15, -0.1) is 11.3 Å². The Kier molecular flexibility index (Phi) is 2.15. The van der Waals surface area contributed by atoms with E-state index in [0.29, 0.717) is 0 Å².